The van der Waals surface area contributed by atoms with Crippen LogP contribution in [0.4, 0.5) is 0 Å². The summed E-state index contributed by atoms with van der Waals surface area (Å²) in [6.45, 7) is 1.76. The number of amides is 1. The van der Waals surface area contributed by atoms with Gasteiger partial charge in [0.1, 0.15) is 4.60 Å². The zero-order valence-electron chi connectivity index (χ0n) is 12.6. The highest BCUT2D eigenvalue weighted by atomic mass is 79.9. The molecule has 116 valence electrons. The maximum atomic E-state index is 11.9. The Kier molecular flexibility index (Phi) is 6.64. The Balaban J connectivity index is 1.64. The minimum Gasteiger partial charge on any atom is -0.352 e. The number of aromatic nitrogens is 1. The minimum absolute atomic E-state index is 0.0460. The first kappa shape index (κ1) is 16.4. The number of nitrogens with zero attached hydrogens (tertiary/aromatic N) is 2. The van der Waals surface area contributed by atoms with E-state index in [0.717, 1.165) is 23.6 Å². The molecule has 0 radical (unpaired) electrons. The molecule has 2 rings (SSSR count). The number of carbonyl (C=O) groups is 1. The summed E-state index contributed by atoms with van der Waals surface area (Å²) in [5.41, 5.74) is 0.610. The Morgan fingerprint density at radius 3 is 2.81 bits per heavy atom. The van der Waals surface area contributed by atoms with Gasteiger partial charge in [0.25, 0.3) is 5.91 Å². The van der Waals surface area contributed by atoms with Crippen LogP contribution in [0.2, 0.25) is 0 Å². The molecule has 0 unspecified atom stereocenters. The van der Waals surface area contributed by atoms with Gasteiger partial charge >= 0.3 is 0 Å². The maximum Gasteiger partial charge on any atom is 0.252 e. The summed E-state index contributed by atoms with van der Waals surface area (Å²) in [5.74, 6) is -0.0460. The van der Waals surface area contributed by atoms with Crippen molar-refractivity contribution in [3.05, 3.63) is 28.5 Å². The van der Waals surface area contributed by atoms with Crippen molar-refractivity contribution >= 4 is 21.8 Å². The van der Waals surface area contributed by atoms with Crippen molar-refractivity contribution in [2.75, 3.05) is 20.1 Å². The van der Waals surface area contributed by atoms with E-state index in [1.165, 1.54) is 32.1 Å². The second-order valence-electron chi connectivity index (χ2n) is 5.75. The highest BCUT2D eigenvalue weighted by molar-refractivity contribution is 9.10. The fraction of sp³-hybridized carbons (Fsp3) is 0.625. The van der Waals surface area contributed by atoms with E-state index in [4.69, 9.17) is 0 Å². The molecule has 1 aliphatic rings. The van der Waals surface area contributed by atoms with E-state index in [-0.39, 0.29) is 5.91 Å². The molecule has 1 amide bonds. The SMILES string of the molecule is CN(CCCNC(=O)c1ccc(Br)nc1)C1CCCCC1. The molecule has 21 heavy (non-hydrogen) atoms. The molecule has 0 spiro atoms. The van der Waals surface area contributed by atoms with Crippen molar-refractivity contribution in [1.82, 2.24) is 15.2 Å². The minimum atomic E-state index is -0.0460. The first-order valence-corrected chi connectivity index (χ1v) is 8.56. The van der Waals surface area contributed by atoms with Crippen LogP contribution in [0, 0.1) is 0 Å². The molecule has 1 aromatic rings. The van der Waals surface area contributed by atoms with E-state index >= 15 is 0 Å². The molecule has 1 aliphatic carbocycles. The summed E-state index contributed by atoms with van der Waals surface area (Å²) in [5, 5.41) is 2.96. The number of rotatable bonds is 6. The van der Waals surface area contributed by atoms with E-state index in [2.05, 4.69) is 38.2 Å². The molecule has 4 nitrogen and oxygen atoms in total. The Bertz CT molecular complexity index is 443. The van der Waals surface area contributed by atoms with Gasteiger partial charge in [0, 0.05) is 18.8 Å². The standard InChI is InChI=1S/C16H24BrN3O/c1-20(14-6-3-2-4-7-14)11-5-10-18-16(21)13-8-9-15(17)19-12-13/h8-9,12,14H,2-7,10-11H2,1H3,(H,18,21). The predicted molar refractivity (Wildman–Crippen MR) is 88.4 cm³/mol. The number of carbonyl (C=O) groups excluding carboxylic acids is 1. The van der Waals surface area contributed by atoms with E-state index < -0.39 is 0 Å². The quantitative estimate of drug-likeness (QED) is 0.630. The largest absolute Gasteiger partial charge is 0.352 e. The van der Waals surface area contributed by atoms with Gasteiger partial charge in [0.2, 0.25) is 0 Å². The van der Waals surface area contributed by atoms with Crippen LogP contribution in [-0.2, 0) is 0 Å². The number of hydrogen-bond acceptors (Lipinski definition) is 3. The average Bonchev–Trinajstić information content (AvgIpc) is 2.52. The maximum absolute atomic E-state index is 11.9. The van der Waals surface area contributed by atoms with Crippen molar-refractivity contribution in [1.29, 1.82) is 0 Å². The highest BCUT2D eigenvalue weighted by Crippen LogP contribution is 2.21. The van der Waals surface area contributed by atoms with Crippen LogP contribution >= 0.6 is 15.9 Å². The molecule has 1 N–H and O–H groups in total. The van der Waals surface area contributed by atoms with Crippen LogP contribution in [0.3, 0.4) is 0 Å². The van der Waals surface area contributed by atoms with Gasteiger partial charge in [0.05, 0.1) is 5.56 Å². The molecule has 0 saturated heterocycles. The van der Waals surface area contributed by atoms with Crippen LogP contribution in [-0.4, -0.2) is 42.0 Å². The van der Waals surface area contributed by atoms with Gasteiger partial charge in [-0.25, -0.2) is 4.98 Å². The molecular weight excluding hydrogens is 330 g/mol. The number of halogens is 1. The van der Waals surface area contributed by atoms with Gasteiger partial charge in [-0.15, -0.1) is 0 Å². The molecule has 1 fully saturated rings. The summed E-state index contributed by atoms with van der Waals surface area (Å²) in [4.78, 5) is 18.4. The van der Waals surface area contributed by atoms with Crippen molar-refractivity contribution in [3.8, 4) is 0 Å². The number of hydrogen-bond donors (Lipinski definition) is 1. The second kappa shape index (κ2) is 8.49. The lowest BCUT2D eigenvalue weighted by Gasteiger charge is -2.31. The zero-order valence-corrected chi connectivity index (χ0v) is 14.2. The van der Waals surface area contributed by atoms with Gasteiger partial charge in [-0.3, -0.25) is 4.79 Å². The molecule has 1 saturated carbocycles. The third kappa shape index (κ3) is 5.40. The lowest BCUT2D eigenvalue weighted by atomic mass is 9.94. The molecule has 0 atom stereocenters. The normalized spacial score (nSPS) is 16.1. The summed E-state index contributed by atoms with van der Waals surface area (Å²) in [6.07, 6.45) is 9.35. The van der Waals surface area contributed by atoms with E-state index in [1.807, 2.05) is 0 Å². The highest BCUT2D eigenvalue weighted by Gasteiger charge is 2.17. The van der Waals surface area contributed by atoms with Crippen LogP contribution in [0.25, 0.3) is 0 Å². The van der Waals surface area contributed by atoms with Gasteiger partial charge in [-0.1, -0.05) is 19.3 Å². The van der Waals surface area contributed by atoms with Gasteiger partial charge < -0.3 is 10.2 Å². The van der Waals surface area contributed by atoms with E-state index in [9.17, 15) is 4.79 Å². The topological polar surface area (TPSA) is 45.2 Å². The Morgan fingerprint density at radius 2 is 2.14 bits per heavy atom. The first-order chi connectivity index (χ1) is 10.2. The molecule has 1 aromatic heterocycles. The molecule has 1 heterocycles. The monoisotopic (exact) mass is 353 g/mol. The molecule has 0 aliphatic heterocycles. The number of pyridine rings is 1. The van der Waals surface area contributed by atoms with Crippen molar-refractivity contribution in [3.63, 3.8) is 0 Å². The Morgan fingerprint density at radius 1 is 1.38 bits per heavy atom. The van der Waals surface area contributed by atoms with E-state index in [1.54, 1.807) is 18.3 Å². The van der Waals surface area contributed by atoms with Crippen molar-refractivity contribution < 1.29 is 4.79 Å². The van der Waals surface area contributed by atoms with Gasteiger partial charge in [-0.05, 0) is 60.9 Å². The van der Waals surface area contributed by atoms with Crippen LogP contribution in [0.15, 0.2) is 22.9 Å². The zero-order chi connectivity index (χ0) is 15.1. The lowest BCUT2D eigenvalue weighted by Crippen LogP contribution is -2.35. The summed E-state index contributed by atoms with van der Waals surface area (Å²) in [6, 6.07) is 4.30. The number of nitrogens with one attached hydrogen (secondary N) is 1. The first-order valence-electron chi connectivity index (χ1n) is 7.77. The van der Waals surface area contributed by atoms with Crippen LogP contribution in [0.1, 0.15) is 48.9 Å². The summed E-state index contributed by atoms with van der Waals surface area (Å²) >= 11 is 3.26. The lowest BCUT2D eigenvalue weighted by molar-refractivity contribution is 0.0950. The predicted octanol–water partition coefficient (Wildman–Crippen LogP) is 3.23. The fourth-order valence-corrected chi connectivity index (χ4v) is 3.08. The third-order valence-corrected chi connectivity index (χ3v) is 4.63. The van der Waals surface area contributed by atoms with Crippen LogP contribution in [0.5, 0.6) is 0 Å². The molecule has 0 aromatic carbocycles. The van der Waals surface area contributed by atoms with Gasteiger partial charge in [-0.2, -0.15) is 0 Å². The van der Waals surface area contributed by atoms with Crippen LogP contribution < -0.4 is 5.32 Å². The second-order valence-corrected chi connectivity index (χ2v) is 6.56. The Labute approximate surface area is 135 Å². The molecule has 0 bridgehead atoms. The molecular formula is C16H24BrN3O. The van der Waals surface area contributed by atoms with E-state index in [0.29, 0.717) is 12.1 Å². The van der Waals surface area contributed by atoms with Gasteiger partial charge in [0.15, 0.2) is 0 Å². The molecule has 5 heteroatoms. The smallest absolute Gasteiger partial charge is 0.252 e. The van der Waals surface area contributed by atoms with Crippen molar-refractivity contribution in [2.45, 2.75) is 44.6 Å². The fourth-order valence-electron chi connectivity index (χ4n) is 2.85. The summed E-state index contributed by atoms with van der Waals surface area (Å²) in [7, 11) is 2.20. The van der Waals surface area contributed by atoms with Crippen molar-refractivity contribution in [2.24, 2.45) is 0 Å². The third-order valence-electron chi connectivity index (χ3n) is 4.16. The Hall–Kier alpha value is -0.940. The summed E-state index contributed by atoms with van der Waals surface area (Å²) < 4.78 is 0.744. The average molecular weight is 354 g/mol.